The summed E-state index contributed by atoms with van der Waals surface area (Å²) in [5.41, 5.74) is 1.30. The molecule has 1 aromatic carbocycles. The van der Waals surface area contributed by atoms with E-state index in [1.165, 1.54) is 0 Å². The maximum atomic E-state index is 12.5. The molecule has 0 spiro atoms. The third-order valence-corrected chi connectivity index (χ3v) is 5.94. The van der Waals surface area contributed by atoms with Crippen LogP contribution >= 0.6 is 0 Å². The summed E-state index contributed by atoms with van der Waals surface area (Å²) in [6.07, 6.45) is 2.54. The quantitative estimate of drug-likeness (QED) is 0.836. The van der Waals surface area contributed by atoms with Crippen molar-refractivity contribution in [2.45, 2.75) is 37.9 Å². The van der Waals surface area contributed by atoms with Crippen LogP contribution in [0.25, 0.3) is 11.0 Å². The average molecular weight is 335 g/mol. The van der Waals surface area contributed by atoms with Crippen molar-refractivity contribution in [3.05, 3.63) is 24.3 Å². The topological polar surface area (TPSA) is 72.3 Å². The standard InChI is InChI=1S/C16H21N3O3S/c1-2-11-23(21,22)16-17-13-7-3-4-8-14(13)19(16)12-15(20)18-9-5-6-10-18/h3-4,7-8H,2,5-6,9-12H2,1H3. The van der Waals surface area contributed by atoms with Crippen molar-refractivity contribution < 1.29 is 13.2 Å². The number of carbonyl (C=O) groups is 1. The van der Waals surface area contributed by atoms with E-state index in [-0.39, 0.29) is 23.4 Å². The number of amides is 1. The van der Waals surface area contributed by atoms with Crippen LogP contribution in [0.15, 0.2) is 29.4 Å². The van der Waals surface area contributed by atoms with E-state index in [1.807, 2.05) is 25.1 Å². The van der Waals surface area contributed by atoms with E-state index in [0.717, 1.165) is 25.9 Å². The van der Waals surface area contributed by atoms with Gasteiger partial charge < -0.3 is 9.47 Å². The second kappa shape index (κ2) is 6.31. The van der Waals surface area contributed by atoms with Gasteiger partial charge in [0.2, 0.25) is 20.9 Å². The van der Waals surface area contributed by atoms with E-state index in [2.05, 4.69) is 4.98 Å². The van der Waals surface area contributed by atoms with E-state index >= 15 is 0 Å². The molecule has 1 saturated heterocycles. The summed E-state index contributed by atoms with van der Waals surface area (Å²) in [6, 6.07) is 7.23. The van der Waals surface area contributed by atoms with Crippen LogP contribution in [0.5, 0.6) is 0 Å². The highest BCUT2D eigenvalue weighted by Crippen LogP contribution is 2.21. The lowest BCUT2D eigenvalue weighted by Gasteiger charge is -2.17. The van der Waals surface area contributed by atoms with Gasteiger partial charge in [-0.15, -0.1) is 0 Å². The van der Waals surface area contributed by atoms with Gasteiger partial charge in [0.1, 0.15) is 6.54 Å². The summed E-state index contributed by atoms with van der Waals surface area (Å²) in [6.45, 7) is 3.35. The number of hydrogen-bond acceptors (Lipinski definition) is 4. The van der Waals surface area contributed by atoms with Gasteiger partial charge in [-0.05, 0) is 31.4 Å². The zero-order valence-corrected chi connectivity index (χ0v) is 14.1. The molecular formula is C16H21N3O3S. The van der Waals surface area contributed by atoms with Gasteiger partial charge in [-0.1, -0.05) is 19.1 Å². The lowest BCUT2D eigenvalue weighted by Crippen LogP contribution is -2.32. The van der Waals surface area contributed by atoms with Gasteiger partial charge in [-0.3, -0.25) is 4.79 Å². The van der Waals surface area contributed by atoms with Gasteiger partial charge in [-0.2, -0.15) is 0 Å². The van der Waals surface area contributed by atoms with Crippen molar-refractivity contribution in [2.75, 3.05) is 18.8 Å². The molecule has 1 aromatic heterocycles. The summed E-state index contributed by atoms with van der Waals surface area (Å²) in [5, 5.41) is 0.00750. The smallest absolute Gasteiger partial charge is 0.242 e. The molecule has 0 saturated carbocycles. The molecular weight excluding hydrogens is 314 g/mol. The molecule has 124 valence electrons. The molecule has 1 aliphatic rings. The zero-order chi connectivity index (χ0) is 16.4. The Morgan fingerprint density at radius 3 is 2.61 bits per heavy atom. The molecule has 7 heteroatoms. The molecule has 0 atom stereocenters. The first-order valence-corrected chi connectivity index (χ1v) is 9.64. The van der Waals surface area contributed by atoms with Gasteiger partial charge in [0.25, 0.3) is 0 Å². The number of rotatable bonds is 5. The van der Waals surface area contributed by atoms with Gasteiger partial charge in [0, 0.05) is 13.1 Å². The van der Waals surface area contributed by atoms with Crippen LogP contribution in [0.4, 0.5) is 0 Å². The third-order valence-electron chi connectivity index (χ3n) is 4.12. The molecule has 23 heavy (non-hydrogen) atoms. The fourth-order valence-electron chi connectivity index (χ4n) is 3.01. The van der Waals surface area contributed by atoms with Crippen molar-refractivity contribution in [1.82, 2.24) is 14.5 Å². The first kappa shape index (κ1) is 16.0. The summed E-state index contributed by atoms with van der Waals surface area (Å²) < 4.78 is 26.6. The minimum atomic E-state index is -3.49. The van der Waals surface area contributed by atoms with Crippen molar-refractivity contribution in [3.63, 3.8) is 0 Å². The average Bonchev–Trinajstić information content (AvgIpc) is 3.15. The second-order valence-corrected chi connectivity index (χ2v) is 7.88. The van der Waals surface area contributed by atoms with E-state index in [0.29, 0.717) is 17.5 Å². The molecule has 1 amide bonds. The number of hydrogen-bond donors (Lipinski definition) is 0. The molecule has 6 nitrogen and oxygen atoms in total. The molecule has 0 bridgehead atoms. The Labute approximate surface area is 136 Å². The summed E-state index contributed by atoms with van der Waals surface area (Å²) >= 11 is 0. The largest absolute Gasteiger partial charge is 0.341 e. The lowest BCUT2D eigenvalue weighted by molar-refractivity contribution is -0.130. The Morgan fingerprint density at radius 1 is 1.22 bits per heavy atom. The number of imidazole rings is 1. The Kier molecular flexibility index (Phi) is 4.39. The number of sulfone groups is 1. The molecule has 0 N–H and O–H groups in total. The van der Waals surface area contributed by atoms with Crippen molar-refractivity contribution in [3.8, 4) is 0 Å². The maximum absolute atomic E-state index is 12.5. The Hall–Kier alpha value is -1.89. The fraction of sp³-hybridized carbons (Fsp3) is 0.500. The molecule has 1 aliphatic heterocycles. The van der Waals surface area contributed by atoms with Crippen LogP contribution in [0.2, 0.25) is 0 Å². The van der Waals surface area contributed by atoms with E-state index in [9.17, 15) is 13.2 Å². The number of aromatic nitrogens is 2. The van der Waals surface area contributed by atoms with Crippen LogP contribution in [-0.2, 0) is 21.2 Å². The normalized spacial score (nSPS) is 15.4. The van der Waals surface area contributed by atoms with Crippen molar-refractivity contribution in [1.29, 1.82) is 0 Å². The van der Waals surface area contributed by atoms with E-state index < -0.39 is 9.84 Å². The summed E-state index contributed by atoms with van der Waals surface area (Å²) in [5.74, 6) is -0.00702. The number of carbonyl (C=O) groups excluding carboxylic acids is 1. The molecule has 2 aromatic rings. The maximum Gasteiger partial charge on any atom is 0.242 e. The van der Waals surface area contributed by atoms with Crippen LogP contribution in [0.3, 0.4) is 0 Å². The molecule has 1 fully saturated rings. The number of para-hydroxylation sites is 2. The van der Waals surface area contributed by atoms with Crippen LogP contribution in [-0.4, -0.2) is 47.6 Å². The Morgan fingerprint density at radius 2 is 1.91 bits per heavy atom. The SMILES string of the molecule is CCCS(=O)(=O)c1nc2ccccc2n1CC(=O)N1CCCC1. The van der Waals surface area contributed by atoms with E-state index in [1.54, 1.807) is 15.5 Å². The first-order valence-electron chi connectivity index (χ1n) is 7.98. The minimum Gasteiger partial charge on any atom is -0.341 e. The fourth-order valence-corrected chi connectivity index (χ4v) is 4.46. The second-order valence-electron chi connectivity index (χ2n) is 5.88. The molecule has 0 unspecified atom stereocenters. The number of fused-ring (bicyclic) bond motifs is 1. The lowest BCUT2D eigenvalue weighted by atomic mass is 10.3. The van der Waals surface area contributed by atoms with Crippen molar-refractivity contribution in [2.24, 2.45) is 0 Å². The summed E-state index contributed by atoms with van der Waals surface area (Å²) in [7, 11) is -3.49. The predicted molar refractivity (Wildman–Crippen MR) is 87.9 cm³/mol. The van der Waals surface area contributed by atoms with Crippen molar-refractivity contribution >= 4 is 26.8 Å². The van der Waals surface area contributed by atoms with E-state index in [4.69, 9.17) is 0 Å². The summed E-state index contributed by atoms with van der Waals surface area (Å²) in [4.78, 5) is 18.6. The number of nitrogens with zero attached hydrogens (tertiary/aromatic N) is 3. The monoisotopic (exact) mass is 335 g/mol. The highest BCUT2D eigenvalue weighted by molar-refractivity contribution is 7.91. The van der Waals surface area contributed by atoms with Crippen LogP contribution in [0.1, 0.15) is 26.2 Å². The molecule has 3 rings (SSSR count). The molecule has 0 aliphatic carbocycles. The van der Waals surface area contributed by atoms with Gasteiger partial charge >= 0.3 is 0 Å². The highest BCUT2D eigenvalue weighted by Gasteiger charge is 2.26. The van der Waals surface area contributed by atoms with Gasteiger partial charge in [0.05, 0.1) is 16.8 Å². The highest BCUT2D eigenvalue weighted by atomic mass is 32.2. The third kappa shape index (κ3) is 3.10. The zero-order valence-electron chi connectivity index (χ0n) is 13.2. The Balaban J connectivity index is 2.04. The molecule has 0 radical (unpaired) electrons. The Bertz CT molecular complexity index is 820. The van der Waals surface area contributed by atoms with Gasteiger partial charge in [0.15, 0.2) is 0 Å². The molecule has 2 heterocycles. The van der Waals surface area contributed by atoms with Gasteiger partial charge in [-0.25, -0.2) is 13.4 Å². The van der Waals surface area contributed by atoms with Crippen LogP contribution < -0.4 is 0 Å². The number of likely N-dealkylation sites (tertiary alicyclic amines) is 1. The predicted octanol–water partition coefficient (Wildman–Crippen LogP) is 1.84. The van der Waals surface area contributed by atoms with Crippen LogP contribution in [0, 0.1) is 0 Å². The minimum absolute atomic E-state index is 0.00750. The number of benzene rings is 1. The first-order chi connectivity index (χ1) is 11.0.